The van der Waals surface area contributed by atoms with Crippen LogP contribution in [0.2, 0.25) is 0 Å². The van der Waals surface area contributed by atoms with E-state index in [2.05, 4.69) is 21.6 Å². The molecule has 0 atom stereocenters. The summed E-state index contributed by atoms with van der Waals surface area (Å²) in [5.74, 6) is 0.452. The Labute approximate surface area is 207 Å². The molecule has 0 aliphatic heterocycles. The van der Waals surface area contributed by atoms with E-state index in [9.17, 15) is 14.9 Å². The van der Waals surface area contributed by atoms with E-state index >= 15 is 0 Å². The van der Waals surface area contributed by atoms with Crippen molar-refractivity contribution >= 4 is 45.9 Å². The van der Waals surface area contributed by atoms with E-state index in [1.807, 2.05) is 55.7 Å². The van der Waals surface area contributed by atoms with E-state index in [4.69, 9.17) is 0 Å². The second-order valence-electron chi connectivity index (χ2n) is 8.15. The molecule has 1 fully saturated rings. The third-order valence-electron chi connectivity index (χ3n) is 5.79. The number of nitriles is 1. The summed E-state index contributed by atoms with van der Waals surface area (Å²) in [7, 11) is 0. The first kappa shape index (κ1) is 24.0. The van der Waals surface area contributed by atoms with Crippen LogP contribution >= 0.6 is 23.1 Å². The number of carbonyl (C=O) groups is 2. The maximum atomic E-state index is 12.8. The molecular weight excluding hydrogens is 468 g/mol. The van der Waals surface area contributed by atoms with Gasteiger partial charge in [0.1, 0.15) is 11.9 Å². The van der Waals surface area contributed by atoms with E-state index in [1.165, 1.54) is 23.1 Å². The van der Waals surface area contributed by atoms with Crippen LogP contribution in [0.5, 0.6) is 0 Å². The van der Waals surface area contributed by atoms with Gasteiger partial charge in [-0.25, -0.2) is 0 Å². The number of nitrogens with one attached hydrogen (secondary N) is 1. The summed E-state index contributed by atoms with van der Waals surface area (Å²) in [5.41, 5.74) is 3.36. The minimum Gasteiger partial charge on any atom is -0.326 e. The van der Waals surface area contributed by atoms with Gasteiger partial charge in [-0.15, -0.1) is 10.2 Å². The molecule has 1 N–H and O–H groups in total. The van der Waals surface area contributed by atoms with Gasteiger partial charge in [0, 0.05) is 24.7 Å². The van der Waals surface area contributed by atoms with Gasteiger partial charge in [0.15, 0.2) is 4.34 Å². The Morgan fingerprint density at radius 2 is 2.00 bits per heavy atom. The van der Waals surface area contributed by atoms with Crippen molar-refractivity contribution in [2.24, 2.45) is 0 Å². The number of rotatable bonds is 9. The fraction of sp³-hybridized carbons (Fsp3) is 0.375. The number of hydrogen-bond donors (Lipinski definition) is 1. The lowest BCUT2D eigenvalue weighted by atomic mass is 10.2. The maximum Gasteiger partial charge on any atom is 0.235 e. The van der Waals surface area contributed by atoms with Crippen LogP contribution in [-0.4, -0.2) is 38.4 Å². The third-order valence-corrected chi connectivity index (χ3v) is 7.85. The number of anilines is 2. The molecule has 0 unspecified atom stereocenters. The Bertz CT molecular complexity index is 1240. The first-order valence-corrected chi connectivity index (χ1v) is 12.9. The standard InChI is InChI=1S/C24H26N6O2S2/c1-4-21(32)30(18-10-11-18)23-27-28-24(34-23)33-14-20(31)26-22-19(12-25)15(2)16(3)29(22)13-17-8-6-5-7-9-17/h5-9,18H,4,10-11,13-14H2,1-3H3,(H,26,31). The maximum absolute atomic E-state index is 12.8. The minimum atomic E-state index is -0.228. The van der Waals surface area contributed by atoms with Gasteiger partial charge in [0.25, 0.3) is 0 Å². The van der Waals surface area contributed by atoms with Gasteiger partial charge in [-0.1, -0.05) is 60.4 Å². The van der Waals surface area contributed by atoms with Crippen molar-refractivity contribution in [1.29, 1.82) is 5.26 Å². The minimum absolute atomic E-state index is 0.0434. The largest absolute Gasteiger partial charge is 0.326 e. The van der Waals surface area contributed by atoms with Gasteiger partial charge in [-0.05, 0) is 37.8 Å². The van der Waals surface area contributed by atoms with Crippen LogP contribution in [0.3, 0.4) is 0 Å². The lowest BCUT2D eigenvalue weighted by Crippen LogP contribution is -2.32. The highest BCUT2D eigenvalue weighted by Gasteiger charge is 2.35. The fourth-order valence-electron chi connectivity index (χ4n) is 3.72. The summed E-state index contributed by atoms with van der Waals surface area (Å²) in [5, 5.41) is 21.6. The van der Waals surface area contributed by atoms with Gasteiger partial charge < -0.3 is 9.88 Å². The van der Waals surface area contributed by atoms with E-state index in [1.54, 1.807) is 4.90 Å². The number of nitrogens with zero attached hydrogens (tertiary/aromatic N) is 5. The number of benzene rings is 1. The predicted molar refractivity (Wildman–Crippen MR) is 134 cm³/mol. The van der Waals surface area contributed by atoms with Gasteiger partial charge in [0.05, 0.1) is 11.3 Å². The molecule has 3 aromatic rings. The highest BCUT2D eigenvalue weighted by Crippen LogP contribution is 2.36. The first-order valence-electron chi connectivity index (χ1n) is 11.1. The van der Waals surface area contributed by atoms with Gasteiger partial charge in [-0.2, -0.15) is 5.26 Å². The molecule has 4 rings (SSSR count). The first-order chi connectivity index (χ1) is 16.4. The van der Waals surface area contributed by atoms with Crippen molar-refractivity contribution in [2.45, 2.75) is 57.0 Å². The van der Waals surface area contributed by atoms with E-state index in [-0.39, 0.29) is 23.6 Å². The molecule has 1 aromatic carbocycles. The monoisotopic (exact) mass is 494 g/mol. The van der Waals surface area contributed by atoms with Crippen molar-refractivity contribution in [3.63, 3.8) is 0 Å². The van der Waals surface area contributed by atoms with Crippen LogP contribution in [0.1, 0.15) is 48.6 Å². The quantitative estimate of drug-likeness (QED) is 0.347. The summed E-state index contributed by atoms with van der Waals surface area (Å²) in [6.45, 7) is 6.24. The fourth-order valence-corrected chi connectivity index (χ4v) is 5.45. The lowest BCUT2D eigenvalue weighted by Gasteiger charge is -2.17. The van der Waals surface area contributed by atoms with Crippen LogP contribution in [0.25, 0.3) is 0 Å². The van der Waals surface area contributed by atoms with Crippen LogP contribution in [-0.2, 0) is 16.1 Å². The van der Waals surface area contributed by atoms with Crippen molar-refractivity contribution in [1.82, 2.24) is 14.8 Å². The Hall–Kier alpha value is -3.16. The molecule has 0 radical (unpaired) electrons. The average molecular weight is 495 g/mol. The van der Waals surface area contributed by atoms with Gasteiger partial charge in [0.2, 0.25) is 16.9 Å². The highest BCUT2D eigenvalue weighted by atomic mass is 32.2. The molecule has 34 heavy (non-hydrogen) atoms. The van der Waals surface area contributed by atoms with Crippen molar-refractivity contribution in [2.75, 3.05) is 16.0 Å². The van der Waals surface area contributed by atoms with Crippen LogP contribution in [0, 0.1) is 25.2 Å². The molecular formula is C24H26N6O2S2. The molecule has 1 saturated carbocycles. The van der Waals surface area contributed by atoms with E-state index in [0.717, 1.165) is 29.7 Å². The molecule has 0 saturated heterocycles. The molecule has 2 amide bonds. The number of aromatic nitrogens is 3. The van der Waals surface area contributed by atoms with E-state index < -0.39 is 0 Å². The lowest BCUT2D eigenvalue weighted by molar-refractivity contribution is -0.118. The van der Waals surface area contributed by atoms with Gasteiger partial charge >= 0.3 is 0 Å². The van der Waals surface area contributed by atoms with Crippen LogP contribution in [0.4, 0.5) is 10.9 Å². The van der Waals surface area contributed by atoms with Crippen molar-refractivity contribution in [3.05, 3.63) is 52.7 Å². The summed E-state index contributed by atoms with van der Waals surface area (Å²) < 4.78 is 2.60. The van der Waals surface area contributed by atoms with Gasteiger partial charge in [-0.3, -0.25) is 14.5 Å². The Morgan fingerprint density at radius 3 is 2.65 bits per heavy atom. The molecule has 10 heteroatoms. The zero-order chi connectivity index (χ0) is 24.2. The molecule has 2 heterocycles. The Morgan fingerprint density at radius 1 is 1.26 bits per heavy atom. The number of carbonyl (C=O) groups excluding carboxylic acids is 2. The summed E-state index contributed by atoms with van der Waals surface area (Å²) in [4.78, 5) is 26.9. The molecule has 1 aliphatic carbocycles. The second-order valence-corrected chi connectivity index (χ2v) is 10.3. The molecule has 8 nitrogen and oxygen atoms in total. The van der Waals surface area contributed by atoms with Crippen molar-refractivity contribution < 1.29 is 9.59 Å². The molecule has 0 bridgehead atoms. The number of thioether (sulfide) groups is 1. The molecule has 2 aromatic heterocycles. The summed E-state index contributed by atoms with van der Waals surface area (Å²) in [6, 6.07) is 12.4. The topological polar surface area (TPSA) is 104 Å². The SMILES string of the molecule is CCC(=O)N(c1nnc(SCC(=O)Nc2c(C#N)c(C)c(C)n2Cc2ccccc2)s1)C1CC1. The van der Waals surface area contributed by atoms with Crippen molar-refractivity contribution in [3.8, 4) is 6.07 Å². The smallest absolute Gasteiger partial charge is 0.235 e. The van der Waals surface area contributed by atoms with Crippen LogP contribution in [0.15, 0.2) is 34.7 Å². The molecule has 1 aliphatic rings. The third kappa shape index (κ3) is 5.16. The molecule has 176 valence electrons. The number of amides is 2. The summed E-state index contributed by atoms with van der Waals surface area (Å²) >= 11 is 2.60. The Kier molecular flexibility index (Phi) is 7.34. The summed E-state index contributed by atoms with van der Waals surface area (Å²) in [6.07, 6.45) is 2.39. The van der Waals surface area contributed by atoms with E-state index in [0.29, 0.717) is 33.8 Å². The normalized spacial score (nSPS) is 12.9. The second kappa shape index (κ2) is 10.4. The zero-order valence-electron chi connectivity index (χ0n) is 19.4. The average Bonchev–Trinajstić information content (AvgIpc) is 3.52. The Balaban J connectivity index is 1.45. The molecule has 0 spiro atoms. The number of hydrogen-bond acceptors (Lipinski definition) is 7. The van der Waals surface area contributed by atoms with Crippen LogP contribution < -0.4 is 10.2 Å². The predicted octanol–water partition coefficient (Wildman–Crippen LogP) is 4.51. The zero-order valence-corrected chi connectivity index (χ0v) is 21.0. The highest BCUT2D eigenvalue weighted by molar-refractivity contribution is 8.01.